The largest absolute Gasteiger partial charge is 0.332 e. The van der Waals surface area contributed by atoms with Crippen LogP contribution in [0.3, 0.4) is 0 Å². The summed E-state index contributed by atoms with van der Waals surface area (Å²) in [6.45, 7) is 4.82. The lowest BCUT2D eigenvalue weighted by molar-refractivity contribution is 0.221. The average Bonchev–Trinajstić information content (AvgIpc) is 2.37. The Morgan fingerprint density at radius 3 is 2.33 bits per heavy atom. The summed E-state index contributed by atoms with van der Waals surface area (Å²) in [4.78, 5) is 4.23. The Balaban J connectivity index is 2.44. The highest BCUT2D eigenvalue weighted by atomic mass is 31.2. The first-order chi connectivity index (χ1) is 8.70. The maximum absolute atomic E-state index is 12.1. The lowest BCUT2D eigenvalue weighted by Gasteiger charge is -2.15. The van der Waals surface area contributed by atoms with Gasteiger partial charge >= 0.3 is 7.60 Å². The molecule has 0 bridgehead atoms. The second-order valence-corrected chi connectivity index (χ2v) is 5.80. The summed E-state index contributed by atoms with van der Waals surface area (Å²) < 4.78 is 22.5. The second kappa shape index (κ2) is 8.20. The molecule has 0 amide bonds. The lowest BCUT2D eigenvalue weighted by Crippen LogP contribution is -2.02. The summed E-state index contributed by atoms with van der Waals surface area (Å²) in [7, 11) is -2.95. The summed E-state index contributed by atoms with van der Waals surface area (Å²) in [5, 5.41) is 0. The third-order valence-corrected chi connectivity index (χ3v) is 4.25. The van der Waals surface area contributed by atoms with Gasteiger partial charge in [-0.25, -0.2) is 0 Å². The third-order valence-electron chi connectivity index (χ3n) is 2.19. The fourth-order valence-corrected chi connectivity index (χ4v) is 2.93. The maximum Gasteiger partial charge on any atom is 0.332 e. The number of hydrogen-bond donors (Lipinski definition) is 0. The Labute approximate surface area is 109 Å². The summed E-state index contributed by atoms with van der Waals surface area (Å²) in [5.74, 6) is 0. The highest BCUT2D eigenvalue weighted by molar-refractivity contribution is 7.53. The Morgan fingerprint density at radius 2 is 1.78 bits per heavy atom. The molecule has 0 atom stereocenters. The standard InChI is InChI=1S/C13H20NO3P/c1-3-16-18(15,17-4-2)11-10-14-12-13-8-6-5-7-9-13/h5-9,12H,3-4,10-11H2,1-2H3. The zero-order valence-electron chi connectivity index (χ0n) is 10.9. The molecule has 0 aliphatic rings. The molecular formula is C13H20NO3P. The van der Waals surface area contributed by atoms with Gasteiger partial charge in [0.1, 0.15) is 0 Å². The molecule has 0 aliphatic heterocycles. The van der Waals surface area contributed by atoms with E-state index in [-0.39, 0.29) is 0 Å². The van der Waals surface area contributed by atoms with E-state index in [1.165, 1.54) is 0 Å². The summed E-state index contributed by atoms with van der Waals surface area (Å²) >= 11 is 0. The number of aliphatic imine (C=N–C) groups is 1. The molecule has 0 aromatic heterocycles. The molecule has 4 nitrogen and oxygen atoms in total. The van der Waals surface area contributed by atoms with Crippen LogP contribution in [0.2, 0.25) is 0 Å². The van der Waals surface area contributed by atoms with Crippen molar-refractivity contribution < 1.29 is 13.6 Å². The minimum Gasteiger partial charge on any atom is -0.309 e. The fourth-order valence-electron chi connectivity index (χ4n) is 1.45. The van der Waals surface area contributed by atoms with Crippen LogP contribution in [0.5, 0.6) is 0 Å². The van der Waals surface area contributed by atoms with Crippen molar-refractivity contribution in [3.63, 3.8) is 0 Å². The molecule has 1 aromatic carbocycles. The van der Waals surface area contributed by atoms with Crippen molar-refractivity contribution in [3.8, 4) is 0 Å². The van der Waals surface area contributed by atoms with E-state index < -0.39 is 7.60 Å². The van der Waals surface area contributed by atoms with Crippen LogP contribution >= 0.6 is 7.60 Å². The topological polar surface area (TPSA) is 47.9 Å². The SMILES string of the molecule is CCOP(=O)(CCN=Cc1ccccc1)OCC. The van der Waals surface area contributed by atoms with Gasteiger partial charge in [0, 0.05) is 6.21 Å². The van der Waals surface area contributed by atoms with Crippen molar-refractivity contribution in [3.05, 3.63) is 35.9 Å². The van der Waals surface area contributed by atoms with Crippen LogP contribution in [0.4, 0.5) is 0 Å². The van der Waals surface area contributed by atoms with E-state index in [0.29, 0.717) is 25.9 Å². The number of benzene rings is 1. The van der Waals surface area contributed by atoms with Crippen LogP contribution in [-0.4, -0.2) is 32.1 Å². The summed E-state index contributed by atoms with van der Waals surface area (Å²) in [6.07, 6.45) is 2.08. The summed E-state index contributed by atoms with van der Waals surface area (Å²) in [6, 6.07) is 9.79. The first-order valence-corrected chi connectivity index (χ1v) is 7.86. The molecule has 0 unspecified atom stereocenters. The molecule has 0 fully saturated rings. The van der Waals surface area contributed by atoms with Crippen LogP contribution in [0.15, 0.2) is 35.3 Å². The van der Waals surface area contributed by atoms with Crippen molar-refractivity contribution in [2.24, 2.45) is 4.99 Å². The van der Waals surface area contributed by atoms with Gasteiger partial charge in [0.05, 0.1) is 25.9 Å². The fraction of sp³-hybridized carbons (Fsp3) is 0.462. The zero-order chi connectivity index (χ0) is 13.3. The predicted octanol–water partition coefficient (Wildman–Crippen LogP) is 3.37. The molecule has 0 radical (unpaired) electrons. The van der Waals surface area contributed by atoms with Crippen molar-refractivity contribution in [1.29, 1.82) is 0 Å². The van der Waals surface area contributed by atoms with Gasteiger partial charge in [-0.15, -0.1) is 0 Å². The van der Waals surface area contributed by atoms with Gasteiger partial charge < -0.3 is 9.05 Å². The van der Waals surface area contributed by atoms with E-state index in [0.717, 1.165) is 5.56 Å². The van der Waals surface area contributed by atoms with Crippen LogP contribution < -0.4 is 0 Å². The van der Waals surface area contributed by atoms with Gasteiger partial charge in [-0.2, -0.15) is 0 Å². The van der Waals surface area contributed by atoms with Crippen molar-refractivity contribution in [2.45, 2.75) is 13.8 Å². The molecule has 18 heavy (non-hydrogen) atoms. The Hall–Kier alpha value is -0.960. The third kappa shape index (κ3) is 5.58. The van der Waals surface area contributed by atoms with Crippen LogP contribution in [0.25, 0.3) is 0 Å². The summed E-state index contributed by atoms with van der Waals surface area (Å²) in [5.41, 5.74) is 1.03. The van der Waals surface area contributed by atoms with Crippen LogP contribution in [-0.2, 0) is 13.6 Å². The van der Waals surface area contributed by atoms with E-state index in [9.17, 15) is 4.57 Å². The molecular weight excluding hydrogens is 249 g/mol. The Kier molecular flexibility index (Phi) is 6.88. The van der Waals surface area contributed by atoms with Crippen molar-refractivity contribution in [1.82, 2.24) is 0 Å². The van der Waals surface area contributed by atoms with Crippen LogP contribution in [0.1, 0.15) is 19.4 Å². The molecule has 0 spiro atoms. The number of hydrogen-bond acceptors (Lipinski definition) is 4. The molecule has 5 heteroatoms. The second-order valence-electron chi connectivity index (χ2n) is 3.62. The molecule has 0 N–H and O–H groups in total. The lowest BCUT2D eigenvalue weighted by atomic mass is 10.2. The van der Waals surface area contributed by atoms with Gasteiger partial charge in [-0.1, -0.05) is 30.3 Å². The van der Waals surface area contributed by atoms with Crippen LogP contribution in [0, 0.1) is 0 Å². The van der Waals surface area contributed by atoms with E-state index in [4.69, 9.17) is 9.05 Å². The Bertz CT molecular complexity index is 396. The smallest absolute Gasteiger partial charge is 0.309 e. The van der Waals surface area contributed by atoms with E-state index in [1.807, 2.05) is 30.3 Å². The Morgan fingerprint density at radius 1 is 1.17 bits per heavy atom. The molecule has 100 valence electrons. The number of nitrogens with zero attached hydrogens (tertiary/aromatic N) is 1. The molecule has 0 saturated carbocycles. The van der Waals surface area contributed by atoms with Gasteiger partial charge in [-0.3, -0.25) is 9.56 Å². The highest BCUT2D eigenvalue weighted by Crippen LogP contribution is 2.47. The molecule has 0 heterocycles. The monoisotopic (exact) mass is 269 g/mol. The normalized spacial score (nSPS) is 12.1. The quantitative estimate of drug-likeness (QED) is 0.537. The van der Waals surface area contributed by atoms with Gasteiger partial charge in [0.2, 0.25) is 0 Å². The molecule has 0 saturated heterocycles. The number of rotatable bonds is 8. The van der Waals surface area contributed by atoms with E-state index >= 15 is 0 Å². The van der Waals surface area contributed by atoms with Crippen molar-refractivity contribution in [2.75, 3.05) is 25.9 Å². The highest BCUT2D eigenvalue weighted by Gasteiger charge is 2.22. The van der Waals surface area contributed by atoms with E-state index in [1.54, 1.807) is 20.1 Å². The first-order valence-electron chi connectivity index (χ1n) is 6.13. The zero-order valence-corrected chi connectivity index (χ0v) is 11.8. The van der Waals surface area contributed by atoms with Gasteiger partial charge in [0.25, 0.3) is 0 Å². The van der Waals surface area contributed by atoms with E-state index in [2.05, 4.69) is 4.99 Å². The molecule has 1 aromatic rings. The maximum atomic E-state index is 12.1. The van der Waals surface area contributed by atoms with Crippen molar-refractivity contribution >= 4 is 13.8 Å². The van der Waals surface area contributed by atoms with Gasteiger partial charge in [-0.05, 0) is 19.4 Å². The predicted molar refractivity (Wildman–Crippen MR) is 74.6 cm³/mol. The first kappa shape index (κ1) is 15.1. The minimum absolute atomic E-state index is 0.317. The molecule has 0 aliphatic carbocycles. The average molecular weight is 269 g/mol. The minimum atomic E-state index is -2.95. The van der Waals surface area contributed by atoms with Gasteiger partial charge in [0.15, 0.2) is 0 Å². The molecule has 1 rings (SSSR count).